The van der Waals surface area contributed by atoms with Crippen LogP contribution in [0.2, 0.25) is 0 Å². The highest BCUT2D eigenvalue weighted by Crippen LogP contribution is 2.23. The van der Waals surface area contributed by atoms with E-state index in [-0.39, 0.29) is 29.4 Å². The number of halogens is 1. The molecule has 28 heavy (non-hydrogen) atoms. The molecule has 0 aliphatic rings. The Labute approximate surface area is 190 Å². The van der Waals surface area contributed by atoms with E-state index in [2.05, 4.69) is 60.8 Å². The number of aromatic nitrogens is 1. The molecule has 1 aromatic carbocycles. The molecular formula is C21H33IN4OS. The predicted octanol–water partition coefficient (Wildman–Crippen LogP) is 4.58. The third-order valence-corrected chi connectivity index (χ3v) is 4.93. The largest absolute Gasteiger partial charge is 0.376 e. The molecule has 1 atom stereocenters. The molecule has 0 saturated heterocycles. The first-order valence-electron chi connectivity index (χ1n) is 9.39. The van der Waals surface area contributed by atoms with Crippen molar-refractivity contribution in [3.63, 3.8) is 0 Å². The van der Waals surface area contributed by atoms with Crippen molar-refractivity contribution in [3.8, 4) is 0 Å². The molecule has 2 N–H and O–H groups in total. The number of guanidine groups is 1. The van der Waals surface area contributed by atoms with Gasteiger partial charge in [0.05, 0.1) is 25.5 Å². The van der Waals surface area contributed by atoms with Gasteiger partial charge in [0.1, 0.15) is 5.01 Å². The molecule has 2 rings (SSSR count). The number of ether oxygens (including phenoxy) is 1. The highest BCUT2D eigenvalue weighted by molar-refractivity contribution is 14.0. The first-order chi connectivity index (χ1) is 12.9. The second-order valence-electron chi connectivity index (χ2n) is 7.79. The Balaban J connectivity index is 0.00000392. The molecule has 2 aromatic rings. The predicted molar refractivity (Wildman–Crippen MR) is 130 cm³/mol. The minimum atomic E-state index is 0. The Hall–Kier alpha value is -1.19. The van der Waals surface area contributed by atoms with Crippen molar-refractivity contribution in [3.05, 3.63) is 52.0 Å². The molecule has 0 fully saturated rings. The Kier molecular flexibility index (Phi) is 11.0. The SMILES string of the molecule is CN=C(NCc1nc(C(C)(C)C)cs1)NCC(C)COCc1ccccc1.I. The van der Waals surface area contributed by atoms with E-state index in [1.807, 2.05) is 18.2 Å². The van der Waals surface area contributed by atoms with Gasteiger partial charge in [-0.05, 0) is 11.5 Å². The fourth-order valence-electron chi connectivity index (χ4n) is 2.40. The third kappa shape index (κ3) is 8.87. The number of rotatable bonds is 8. The van der Waals surface area contributed by atoms with E-state index in [0.29, 0.717) is 25.7 Å². The standard InChI is InChI=1S/C21H32N4OS.HI/c1-16(13-26-14-17-9-7-6-8-10-17)11-23-20(22-5)24-12-19-25-18(15-27-19)21(2,3)4;/h6-10,15-16H,11-14H2,1-5H3,(H2,22,23,24);1H. The number of nitrogens with one attached hydrogen (secondary N) is 2. The summed E-state index contributed by atoms with van der Waals surface area (Å²) in [5.74, 6) is 1.18. The van der Waals surface area contributed by atoms with Crippen LogP contribution >= 0.6 is 35.3 Å². The molecular weight excluding hydrogens is 483 g/mol. The molecule has 0 bridgehead atoms. The smallest absolute Gasteiger partial charge is 0.191 e. The van der Waals surface area contributed by atoms with Crippen molar-refractivity contribution in [2.24, 2.45) is 10.9 Å². The zero-order valence-electron chi connectivity index (χ0n) is 17.5. The van der Waals surface area contributed by atoms with E-state index < -0.39 is 0 Å². The van der Waals surface area contributed by atoms with Gasteiger partial charge in [0, 0.05) is 24.4 Å². The summed E-state index contributed by atoms with van der Waals surface area (Å²) in [5.41, 5.74) is 2.42. The van der Waals surface area contributed by atoms with Crippen molar-refractivity contribution >= 4 is 41.3 Å². The summed E-state index contributed by atoms with van der Waals surface area (Å²) >= 11 is 1.69. The Morgan fingerprint density at radius 3 is 2.54 bits per heavy atom. The van der Waals surface area contributed by atoms with Gasteiger partial charge >= 0.3 is 0 Å². The average molecular weight is 516 g/mol. The zero-order chi connectivity index (χ0) is 19.7. The summed E-state index contributed by atoms with van der Waals surface area (Å²) < 4.78 is 5.80. The van der Waals surface area contributed by atoms with Gasteiger partial charge in [0.2, 0.25) is 0 Å². The maximum absolute atomic E-state index is 5.80. The van der Waals surface area contributed by atoms with Crippen LogP contribution in [-0.4, -0.2) is 31.1 Å². The van der Waals surface area contributed by atoms with Crippen molar-refractivity contribution in [1.82, 2.24) is 15.6 Å². The normalized spacial score (nSPS) is 13.0. The molecule has 0 radical (unpaired) electrons. The minimum absolute atomic E-state index is 0. The number of thiazole rings is 1. The molecule has 0 amide bonds. The first kappa shape index (κ1) is 24.8. The molecule has 1 aromatic heterocycles. The quantitative estimate of drug-likeness (QED) is 0.307. The number of benzene rings is 1. The minimum Gasteiger partial charge on any atom is -0.376 e. The van der Waals surface area contributed by atoms with E-state index >= 15 is 0 Å². The lowest BCUT2D eigenvalue weighted by molar-refractivity contribution is 0.0931. The highest BCUT2D eigenvalue weighted by Gasteiger charge is 2.17. The van der Waals surface area contributed by atoms with Gasteiger partial charge in [-0.25, -0.2) is 4.98 Å². The van der Waals surface area contributed by atoms with Crippen LogP contribution in [0, 0.1) is 5.92 Å². The third-order valence-electron chi connectivity index (χ3n) is 4.08. The fraction of sp³-hybridized carbons (Fsp3) is 0.524. The number of aliphatic imine (C=N–C) groups is 1. The monoisotopic (exact) mass is 516 g/mol. The van der Waals surface area contributed by atoms with Gasteiger partial charge in [0.15, 0.2) is 5.96 Å². The molecule has 7 heteroatoms. The van der Waals surface area contributed by atoms with E-state index in [4.69, 9.17) is 9.72 Å². The molecule has 0 aliphatic carbocycles. The topological polar surface area (TPSA) is 58.5 Å². The van der Waals surface area contributed by atoms with E-state index in [9.17, 15) is 0 Å². The van der Waals surface area contributed by atoms with Crippen LogP contribution in [0.3, 0.4) is 0 Å². The number of nitrogens with zero attached hydrogens (tertiary/aromatic N) is 2. The molecule has 156 valence electrons. The van der Waals surface area contributed by atoms with Crippen molar-refractivity contribution in [2.45, 2.75) is 46.3 Å². The van der Waals surface area contributed by atoms with Crippen LogP contribution in [0.4, 0.5) is 0 Å². The van der Waals surface area contributed by atoms with Gasteiger partial charge in [-0.3, -0.25) is 4.99 Å². The Morgan fingerprint density at radius 1 is 1.21 bits per heavy atom. The second-order valence-corrected chi connectivity index (χ2v) is 8.73. The van der Waals surface area contributed by atoms with Crippen LogP contribution in [0.1, 0.15) is 44.0 Å². The van der Waals surface area contributed by atoms with Crippen LogP contribution < -0.4 is 10.6 Å². The van der Waals surface area contributed by atoms with Crippen molar-refractivity contribution in [1.29, 1.82) is 0 Å². The summed E-state index contributed by atoms with van der Waals surface area (Å²) in [4.78, 5) is 8.99. The fourth-order valence-corrected chi connectivity index (χ4v) is 3.36. The Morgan fingerprint density at radius 2 is 1.93 bits per heavy atom. The van der Waals surface area contributed by atoms with Crippen molar-refractivity contribution < 1.29 is 4.74 Å². The number of hydrogen-bond acceptors (Lipinski definition) is 4. The van der Waals surface area contributed by atoms with Crippen LogP contribution in [0.15, 0.2) is 40.7 Å². The molecule has 1 heterocycles. The summed E-state index contributed by atoms with van der Waals surface area (Å²) in [6, 6.07) is 10.2. The van der Waals surface area contributed by atoms with E-state index in [0.717, 1.165) is 23.2 Å². The maximum Gasteiger partial charge on any atom is 0.191 e. The number of hydrogen-bond donors (Lipinski definition) is 2. The van der Waals surface area contributed by atoms with Gasteiger partial charge in [-0.15, -0.1) is 35.3 Å². The maximum atomic E-state index is 5.80. The summed E-state index contributed by atoms with van der Waals surface area (Å²) in [7, 11) is 1.79. The van der Waals surface area contributed by atoms with Crippen LogP contribution in [-0.2, 0) is 23.3 Å². The van der Waals surface area contributed by atoms with Crippen molar-refractivity contribution in [2.75, 3.05) is 20.2 Å². The lowest BCUT2D eigenvalue weighted by atomic mass is 9.93. The van der Waals surface area contributed by atoms with Crippen LogP contribution in [0.25, 0.3) is 0 Å². The zero-order valence-corrected chi connectivity index (χ0v) is 20.6. The van der Waals surface area contributed by atoms with Gasteiger partial charge in [-0.2, -0.15) is 0 Å². The molecule has 0 spiro atoms. The molecule has 0 aliphatic heterocycles. The summed E-state index contributed by atoms with van der Waals surface area (Å²) in [6.45, 7) is 11.6. The molecule has 0 saturated carbocycles. The van der Waals surface area contributed by atoms with Gasteiger partial charge < -0.3 is 15.4 Å². The highest BCUT2D eigenvalue weighted by atomic mass is 127. The second kappa shape index (κ2) is 12.4. The van der Waals surface area contributed by atoms with Gasteiger partial charge in [-0.1, -0.05) is 58.0 Å². The summed E-state index contributed by atoms with van der Waals surface area (Å²) in [5, 5.41) is 9.90. The molecule has 5 nitrogen and oxygen atoms in total. The Bertz CT molecular complexity index is 713. The average Bonchev–Trinajstić information content (AvgIpc) is 3.12. The lowest BCUT2D eigenvalue weighted by Gasteiger charge is -2.16. The first-order valence-corrected chi connectivity index (χ1v) is 10.3. The van der Waals surface area contributed by atoms with Gasteiger partial charge in [0.25, 0.3) is 0 Å². The van der Waals surface area contributed by atoms with E-state index in [1.165, 1.54) is 5.56 Å². The van der Waals surface area contributed by atoms with Crippen LogP contribution in [0.5, 0.6) is 0 Å². The lowest BCUT2D eigenvalue weighted by Crippen LogP contribution is -2.39. The van der Waals surface area contributed by atoms with E-state index in [1.54, 1.807) is 18.4 Å². The molecule has 1 unspecified atom stereocenters. The summed E-state index contributed by atoms with van der Waals surface area (Å²) in [6.07, 6.45) is 0.